The van der Waals surface area contributed by atoms with Gasteiger partial charge in [-0.1, -0.05) is 83.8 Å². The number of hydrogen-bond acceptors (Lipinski definition) is 6. The lowest BCUT2D eigenvalue weighted by atomic mass is 10.1. The van der Waals surface area contributed by atoms with Gasteiger partial charge in [-0.3, -0.25) is 9.59 Å². The third-order valence-electron chi connectivity index (χ3n) is 4.80. The van der Waals surface area contributed by atoms with Crippen molar-refractivity contribution in [3.8, 4) is 5.69 Å². The molecule has 1 heterocycles. The van der Waals surface area contributed by atoms with Gasteiger partial charge in [0.1, 0.15) is 6.04 Å². The van der Waals surface area contributed by atoms with Crippen LogP contribution in [0.5, 0.6) is 0 Å². The maximum Gasteiger partial charge on any atom is 0.252 e. The third kappa shape index (κ3) is 5.75. The van der Waals surface area contributed by atoms with Crippen LogP contribution in [-0.2, 0) is 10.5 Å². The highest BCUT2D eigenvalue weighted by atomic mass is 32.2. The Kier molecular flexibility index (Phi) is 7.33. The Morgan fingerprint density at radius 1 is 1.00 bits per heavy atom. The largest absolute Gasteiger partial charge is 0.368 e. The lowest BCUT2D eigenvalue weighted by Gasteiger charge is -2.16. The van der Waals surface area contributed by atoms with E-state index in [1.54, 1.807) is 65.0 Å². The molecule has 1 atom stereocenters. The average molecular weight is 493 g/mol. The number of carbonyl (C=O) groups excluding carboxylic acids is 2. The molecular weight excluding hydrogens is 472 g/mol. The summed E-state index contributed by atoms with van der Waals surface area (Å²) >= 11 is 8.56. The van der Waals surface area contributed by atoms with Gasteiger partial charge < -0.3 is 11.1 Å². The van der Waals surface area contributed by atoms with Crippen LogP contribution in [0.2, 0.25) is 0 Å². The molecule has 1 aromatic heterocycles. The molecule has 1 unspecified atom stereocenters. The second-order valence-electron chi connectivity index (χ2n) is 7.09. The smallest absolute Gasteiger partial charge is 0.252 e. The fourth-order valence-corrected chi connectivity index (χ4v) is 5.45. The topological polar surface area (TPSA) is 90.0 Å². The number of aromatic nitrogens is 2. The fraction of sp³-hybridized carbons (Fsp3) is 0.0833. The van der Waals surface area contributed by atoms with Crippen LogP contribution in [0, 0.1) is 3.95 Å². The molecule has 3 N–H and O–H groups in total. The number of amides is 2. The van der Waals surface area contributed by atoms with Crippen molar-refractivity contribution in [2.45, 2.75) is 16.1 Å². The molecule has 0 saturated heterocycles. The van der Waals surface area contributed by atoms with Crippen molar-refractivity contribution in [3.63, 3.8) is 0 Å². The summed E-state index contributed by atoms with van der Waals surface area (Å²) in [7, 11) is 0. The predicted octanol–water partition coefficient (Wildman–Crippen LogP) is 4.91. The Bertz CT molecular complexity index is 1300. The van der Waals surface area contributed by atoms with E-state index in [1.165, 1.54) is 16.9 Å². The third-order valence-corrected chi connectivity index (χ3v) is 7.24. The molecular formula is C24H20N4O2S3. The van der Waals surface area contributed by atoms with Gasteiger partial charge in [-0.2, -0.15) is 0 Å². The molecule has 0 saturated carbocycles. The quantitative estimate of drug-likeness (QED) is 0.269. The zero-order valence-electron chi connectivity index (χ0n) is 17.4. The van der Waals surface area contributed by atoms with Crippen molar-refractivity contribution in [1.29, 1.82) is 0 Å². The van der Waals surface area contributed by atoms with Gasteiger partial charge in [-0.05, 0) is 47.6 Å². The Morgan fingerprint density at radius 2 is 1.64 bits per heavy atom. The predicted molar refractivity (Wildman–Crippen MR) is 134 cm³/mol. The number of carbonyl (C=O) groups is 2. The minimum absolute atomic E-state index is 0.393. The summed E-state index contributed by atoms with van der Waals surface area (Å²) in [6, 6.07) is 25.1. The summed E-state index contributed by atoms with van der Waals surface area (Å²) < 4.78 is 3.18. The molecule has 0 bridgehead atoms. The van der Waals surface area contributed by atoms with Crippen LogP contribution in [0.1, 0.15) is 27.5 Å². The number of benzene rings is 3. The minimum Gasteiger partial charge on any atom is -0.368 e. The molecule has 6 nitrogen and oxygen atoms in total. The molecule has 0 aliphatic rings. The van der Waals surface area contributed by atoms with Crippen LogP contribution in [0.3, 0.4) is 0 Å². The van der Waals surface area contributed by atoms with Gasteiger partial charge in [-0.25, -0.2) is 4.68 Å². The van der Waals surface area contributed by atoms with E-state index in [0.29, 0.717) is 15.1 Å². The monoisotopic (exact) mass is 492 g/mol. The molecule has 3 aromatic carbocycles. The van der Waals surface area contributed by atoms with Gasteiger partial charge in [0.05, 0.1) is 5.69 Å². The average Bonchev–Trinajstić information content (AvgIpc) is 3.22. The second-order valence-corrected chi connectivity index (χ2v) is 9.93. The molecule has 0 radical (unpaired) electrons. The minimum atomic E-state index is -0.908. The van der Waals surface area contributed by atoms with Crippen LogP contribution < -0.4 is 11.1 Å². The highest BCUT2D eigenvalue weighted by Crippen LogP contribution is 2.27. The first-order valence-corrected chi connectivity index (χ1v) is 12.2. The molecule has 4 rings (SSSR count). The van der Waals surface area contributed by atoms with Gasteiger partial charge in [0.2, 0.25) is 5.91 Å². The summed E-state index contributed by atoms with van der Waals surface area (Å²) in [6.45, 7) is 0. The zero-order valence-corrected chi connectivity index (χ0v) is 19.8. The summed E-state index contributed by atoms with van der Waals surface area (Å²) in [5.74, 6) is -0.208. The molecule has 33 heavy (non-hydrogen) atoms. The zero-order chi connectivity index (χ0) is 23.2. The molecule has 4 aromatic rings. The van der Waals surface area contributed by atoms with Crippen molar-refractivity contribution >= 4 is 47.1 Å². The van der Waals surface area contributed by atoms with Gasteiger partial charge >= 0.3 is 0 Å². The van der Waals surface area contributed by atoms with Crippen molar-refractivity contribution in [2.24, 2.45) is 5.73 Å². The van der Waals surface area contributed by atoms with Gasteiger partial charge in [0.25, 0.3) is 5.91 Å². The second kappa shape index (κ2) is 10.6. The number of hydrogen-bond donors (Lipinski definition) is 2. The van der Waals surface area contributed by atoms with Crippen molar-refractivity contribution in [1.82, 2.24) is 15.1 Å². The van der Waals surface area contributed by atoms with Crippen molar-refractivity contribution in [3.05, 3.63) is 106 Å². The molecule has 2 amide bonds. The number of rotatable bonds is 8. The maximum atomic E-state index is 12.7. The molecule has 166 valence electrons. The lowest BCUT2D eigenvalue weighted by Crippen LogP contribution is -2.37. The molecule has 0 fully saturated rings. The van der Waals surface area contributed by atoms with Crippen LogP contribution >= 0.6 is 35.3 Å². The van der Waals surface area contributed by atoms with Crippen LogP contribution in [0.15, 0.2) is 89.3 Å². The molecule has 9 heteroatoms. The van der Waals surface area contributed by atoms with Crippen molar-refractivity contribution in [2.75, 3.05) is 0 Å². The van der Waals surface area contributed by atoms with Gasteiger partial charge in [-0.15, -0.1) is 5.10 Å². The number of nitrogens with two attached hydrogens (primary N) is 1. The highest BCUT2D eigenvalue weighted by Gasteiger charge is 2.20. The Hall–Kier alpha value is -3.27. The first-order valence-electron chi connectivity index (χ1n) is 10.0. The van der Waals surface area contributed by atoms with E-state index in [1.807, 2.05) is 24.3 Å². The maximum absolute atomic E-state index is 12.7. The Labute approximate surface area is 204 Å². The van der Waals surface area contributed by atoms with Crippen LogP contribution in [-0.4, -0.2) is 21.6 Å². The van der Waals surface area contributed by atoms with Gasteiger partial charge in [0, 0.05) is 11.3 Å². The van der Waals surface area contributed by atoms with Crippen LogP contribution in [0.4, 0.5) is 0 Å². The fourth-order valence-electron chi connectivity index (χ4n) is 3.13. The summed E-state index contributed by atoms with van der Waals surface area (Å²) in [5.41, 5.74) is 8.51. The number of nitrogens with one attached hydrogen (secondary N) is 1. The summed E-state index contributed by atoms with van der Waals surface area (Å²) in [5, 5.41) is 7.31. The van der Waals surface area contributed by atoms with Crippen molar-refractivity contribution < 1.29 is 9.59 Å². The van der Waals surface area contributed by atoms with E-state index in [-0.39, 0.29) is 0 Å². The molecule has 0 spiro atoms. The van der Waals surface area contributed by atoms with Gasteiger partial charge in [0.15, 0.2) is 8.29 Å². The number of primary amides is 1. The SMILES string of the molecule is NC(=O)C(NC(=O)c1ccc(-n2nc(SCc3ccccc3)sc2=S)cc1)c1ccccc1. The number of thioether (sulfide) groups is 1. The van der Waals surface area contributed by atoms with E-state index < -0.39 is 17.9 Å². The molecule has 0 aliphatic heterocycles. The van der Waals surface area contributed by atoms with E-state index in [0.717, 1.165) is 15.8 Å². The van der Waals surface area contributed by atoms with E-state index >= 15 is 0 Å². The first kappa shape index (κ1) is 22.9. The summed E-state index contributed by atoms with van der Waals surface area (Å²) in [4.78, 5) is 24.6. The molecule has 0 aliphatic carbocycles. The van der Waals surface area contributed by atoms with E-state index in [4.69, 9.17) is 18.0 Å². The summed E-state index contributed by atoms with van der Waals surface area (Å²) in [6.07, 6.45) is 0. The Balaban J connectivity index is 1.45. The normalized spacial score (nSPS) is 11.6. The Morgan fingerprint density at radius 3 is 2.27 bits per heavy atom. The van der Waals surface area contributed by atoms with E-state index in [2.05, 4.69) is 22.5 Å². The highest BCUT2D eigenvalue weighted by molar-refractivity contribution is 8.00. The van der Waals surface area contributed by atoms with Crippen LogP contribution in [0.25, 0.3) is 5.69 Å². The number of nitrogens with zero attached hydrogens (tertiary/aromatic N) is 2. The standard InChI is InChI=1S/C24H20N4O2S3/c25-21(29)20(17-9-5-2-6-10-17)26-22(30)18-11-13-19(14-12-18)28-24(31)33-23(27-28)32-15-16-7-3-1-4-8-16/h1-14,20H,15H2,(H2,25,29)(H,26,30). The first-order chi connectivity index (χ1) is 16.0. The lowest BCUT2D eigenvalue weighted by molar-refractivity contribution is -0.120. The van der Waals surface area contributed by atoms with E-state index in [9.17, 15) is 9.59 Å².